The minimum absolute atomic E-state index is 0.784. The first-order valence-electron chi connectivity index (χ1n) is 3.88. The Bertz CT molecular complexity index is 468. The van der Waals surface area contributed by atoms with Crippen LogP contribution in [0.1, 0.15) is 5.56 Å². The summed E-state index contributed by atoms with van der Waals surface area (Å²) in [6.45, 7) is 1.99. The average Bonchev–Trinajstić information content (AvgIpc) is 2.12. The van der Waals surface area contributed by atoms with Crippen molar-refractivity contribution in [1.82, 2.24) is 4.98 Å². The van der Waals surface area contributed by atoms with Crippen molar-refractivity contribution in [2.45, 2.75) is 6.92 Å². The van der Waals surface area contributed by atoms with Gasteiger partial charge in [-0.05, 0) is 28.4 Å². The number of hydrogen-bond acceptors (Lipinski definition) is 1. The third-order valence-electron chi connectivity index (χ3n) is 2.02. The van der Waals surface area contributed by atoms with Crippen LogP contribution >= 0.6 is 27.5 Å². The molecule has 0 bridgehead atoms. The van der Waals surface area contributed by atoms with E-state index in [9.17, 15) is 0 Å². The standard InChI is InChI=1S/C10H7BrClN/c1-6-2-3-7-8(10(6)12)4-13-5-9(7)11/h2-5H,1H3. The lowest BCUT2D eigenvalue weighted by Crippen LogP contribution is -1.82. The fourth-order valence-corrected chi connectivity index (χ4v) is 1.96. The molecule has 0 amide bonds. The first kappa shape index (κ1) is 8.97. The molecular formula is C10H7BrClN. The molecule has 0 N–H and O–H groups in total. The Balaban J connectivity index is 2.94. The monoisotopic (exact) mass is 255 g/mol. The minimum Gasteiger partial charge on any atom is -0.263 e. The van der Waals surface area contributed by atoms with E-state index >= 15 is 0 Å². The zero-order chi connectivity index (χ0) is 9.42. The van der Waals surface area contributed by atoms with Crippen molar-refractivity contribution in [2.75, 3.05) is 0 Å². The van der Waals surface area contributed by atoms with Crippen molar-refractivity contribution in [1.29, 1.82) is 0 Å². The van der Waals surface area contributed by atoms with Gasteiger partial charge in [-0.2, -0.15) is 0 Å². The van der Waals surface area contributed by atoms with Crippen molar-refractivity contribution in [3.05, 3.63) is 39.6 Å². The van der Waals surface area contributed by atoms with Crippen molar-refractivity contribution in [2.24, 2.45) is 0 Å². The molecule has 66 valence electrons. The number of pyridine rings is 1. The van der Waals surface area contributed by atoms with Crippen LogP contribution in [-0.2, 0) is 0 Å². The molecule has 0 saturated heterocycles. The van der Waals surface area contributed by atoms with Crippen LogP contribution in [-0.4, -0.2) is 4.98 Å². The Kier molecular flexibility index (Phi) is 2.26. The third kappa shape index (κ3) is 1.45. The maximum absolute atomic E-state index is 6.14. The fourth-order valence-electron chi connectivity index (χ4n) is 1.28. The third-order valence-corrected chi connectivity index (χ3v) is 3.16. The van der Waals surface area contributed by atoms with Crippen LogP contribution in [0, 0.1) is 6.92 Å². The van der Waals surface area contributed by atoms with E-state index < -0.39 is 0 Å². The number of fused-ring (bicyclic) bond motifs is 1. The van der Waals surface area contributed by atoms with E-state index in [1.54, 1.807) is 12.4 Å². The molecule has 0 saturated carbocycles. The molecule has 0 aliphatic carbocycles. The van der Waals surface area contributed by atoms with Crippen LogP contribution < -0.4 is 0 Å². The van der Waals surface area contributed by atoms with Crippen molar-refractivity contribution in [3.8, 4) is 0 Å². The molecule has 2 aromatic rings. The smallest absolute Gasteiger partial charge is 0.0529 e. The lowest BCUT2D eigenvalue weighted by Gasteiger charge is -2.04. The van der Waals surface area contributed by atoms with Gasteiger partial charge in [0, 0.05) is 27.6 Å². The van der Waals surface area contributed by atoms with Crippen LogP contribution in [0.5, 0.6) is 0 Å². The molecule has 0 spiro atoms. The Morgan fingerprint density at radius 1 is 1.23 bits per heavy atom. The topological polar surface area (TPSA) is 12.9 Å². The van der Waals surface area contributed by atoms with Gasteiger partial charge in [0.15, 0.2) is 0 Å². The molecule has 0 aliphatic rings. The van der Waals surface area contributed by atoms with Crippen molar-refractivity contribution in [3.63, 3.8) is 0 Å². The molecule has 0 atom stereocenters. The van der Waals surface area contributed by atoms with Gasteiger partial charge >= 0.3 is 0 Å². The van der Waals surface area contributed by atoms with Crippen LogP contribution in [0.3, 0.4) is 0 Å². The summed E-state index contributed by atoms with van der Waals surface area (Å²) in [5.74, 6) is 0. The zero-order valence-corrected chi connectivity index (χ0v) is 9.35. The van der Waals surface area contributed by atoms with Crippen LogP contribution in [0.2, 0.25) is 5.02 Å². The summed E-state index contributed by atoms with van der Waals surface area (Å²) in [6.07, 6.45) is 3.56. The van der Waals surface area contributed by atoms with Gasteiger partial charge < -0.3 is 0 Å². The molecule has 0 aliphatic heterocycles. The van der Waals surface area contributed by atoms with Gasteiger partial charge in [-0.15, -0.1) is 0 Å². The molecule has 1 nitrogen and oxygen atoms in total. The summed E-state index contributed by atoms with van der Waals surface area (Å²) in [5, 5.41) is 2.88. The molecular weight excluding hydrogens is 249 g/mol. The van der Waals surface area contributed by atoms with E-state index in [1.807, 2.05) is 19.1 Å². The molecule has 0 fully saturated rings. The zero-order valence-electron chi connectivity index (χ0n) is 7.01. The second-order valence-corrected chi connectivity index (χ2v) is 4.15. The van der Waals surface area contributed by atoms with Gasteiger partial charge in [-0.1, -0.05) is 23.7 Å². The van der Waals surface area contributed by atoms with Gasteiger partial charge in [0.2, 0.25) is 0 Å². The van der Waals surface area contributed by atoms with Crippen LogP contribution in [0.15, 0.2) is 29.0 Å². The van der Waals surface area contributed by atoms with Gasteiger partial charge in [-0.25, -0.2) is 0 Å². The van der Waals surface area contributed by atoms with Gasteiger partial charge in [-0.3, -0.25) is 4.98 Å². The molecule has 3 heteroatoms. The Hall–Kier alpha value is -0.600. The molecule has 1 heterocycles. The number of nitrogens with zero attached hydrogens (tertiary/aromatic N) is 1. The number of aryl methyl sites for hydroxylation is 1. The van der Waals surface area contributed by atoms with E-state index in [-0.39, 0.29) is 0 Å². The Morgan fingerprint density at radius 2 is 2.00 bits per heavy atom. The Morgan fingerprint density at radius 3 is 2.77 bits per heavy atom. The molecule has 0 radical (unpaired) electrons. The quantitative estimate of drug-likeness (QED) is 0.695. The molecule has 1 aromatic heterocycles. The first-order chi connectivity index (χ1) is 6.20. The van der Waals surface area contributed by atoms with Gasteiger partial charge in [0.25, 0.3) is 0 Å². The highest BCUT2D eigenvalue weighted by molar-refractivity contribution is 9.10. The SMILES string of the molecule is Cc1ccc2c(Br)cncc2c1Cl. The molecule has 1 aromatic carbocycles. The number of aromatic nitrogens is 1. The van der Waals surface area contributed by atoms with E-state index in [1.165, 1.54) is 0 Å². The lowest BCUT2D eigenvalue weighted by atomic mass is 10.1. The second-order valence-electron chi connectivity index (χ2n) is 2.91. The second kappa shape index (κ2) is 3.28. The summed E-state index contributed by atoms with van der Waals surface area (Å²) in [7, 11) is 0. The van der Waals surface area contributed by atoms with Crippen molar-refractivity contribution < 1.29 is 0 Å². The highest BCUT2D eigenvalue weighted by Crippen LogP contribution is 2.30. The molecule has 13 heavy (non-hydrogen) atoms. The van der Waals surface area contributed by atoms with Gasteiger partial charge in [0.1, 0.15) is 0 Å². The number of rotatable bonds is 0. The van der Waals surface area contributed by atoms with E-state index in [2.05, 4.69) is 20.9 Å². The normalized spacial score (nSPS) is 10.7. The predicted octanol–water partition coefficient (Wildman–Crippen LogP) is 3.96. The van der Waals surface area contributed by atoms with Crippen molar-refractivity contribution >= 4 is 38.3 Å². The van der Waals surface area contributed by atoms with Gasteiger partial charge in [0.05, 0.1) is 5.02 Å². The highest BCUT2D eigenvalue weighted by Gasteiger charge is 2.04. The number of benzene rings is 1. The molecule has 2 rings (SSSR count). The number of hydrogen-bond donors (Lipinski definition) is 0. The van der Waals surface area contributed by atoms with E-state index in [0.29, 0.717) is 0 Å². The summed E-state index contributed by atoms with van der Waals surface area (Å²) >= 11 is 9.57. The van der Waals surface area contributed by atoms with E-state index in [4.69, 9.17) is 11.6 Å². The summed E-state index contributed by atoms with van der Waals surface area (Å²) < 4.78 is 0.979. The van der Waals surface area contributed by atoms with Crippen LogP contribution in [0.4, 0.5) is 0 Å². The highest BCUT2D eigenvalue weighted by atomic mass is 79.9. The summed E-state index contributed by atoms with van der Waals surface area (Å²) in [6, 6.07) is 4.05. The maximum Gasteiger partial charge on any atom is 0.0529 e. The lowest BCUT2D eigenvalue weighted by molar-refractivity contribution is 1.34. The first-order valence-corrected chi connectivity index (χ1v) is 5.05. The van der Waals surface area contributed by atoms with Crippen LogP contribution in [0.25, 0.3) is 10.8 Å². The molecule has 0 unspecified atom stereocenters. The number of halogens is 2. The predicted molar refractivity (Wildman–Crippen MR) is 59.2 cm³/mol. The summed E-state index contributed by atoms with van der Waals surface area (Å²) in [5.41, 5.74) is 1.08. The van der Waals surface area contributed by atoms with E-state index in [0.717, 1.165) is 25.8 Å². The summed E-state index contributed by atoms with van der Waals surface area (Å²) in [4.78, 5) is 4.08. The Labute approximate surface area is 89.9 Å². The fraction of sp³-hybridized carbons (Fsp3) is 0.100. The average molecular weight is 257 g/mol. The maximum atomic E-state index is 6.14. The minimum atomic E-state index is 0.784. The largest absolute Gasteiger partial charge is 0.263 e.